The highest BCUT2D eigenvalue weighted by atomic mass is 32.1. The van der Waals surface area contributed by atoms with Gasteiger partial charge in [-0.25, -0.2) is 0 Å². The lowest BCUT2D eigenvalue weighted by atomic mass is 10.0. The van der Waals surface area contributed by atoms with Gasteiger partial charge in [-0.2, -0.15) is 0 Å². The molecule has 0 bridgehead atoms. The number of carbonyl (C=O) groups excluding carboxylic acids is 2. The fourth-order valence-corrected chi connectivity index (χ4v) is 3.12. The summed E-state index contributed by atoms with van der Waals surface area (Å²) in [7, 11) is 1.53. The number of ether oxygens (including phenoxy) is 1. The minimum atomic E-state index is -0.331. The summed E-state index contributed by atoms with van der Waals surface area (Å²) < 4.78 is 5.37. The number of anilines is 2. The van der Waals surface area contributed by atoms with Gasteiger partial charge in [-0.05, 0) is 53.9 Å². The average Bonchev–Trinajstić information content (AvgIpc) is 2.77. The second kappa shape index (κ2) is 12.6. The highest BCUT2D eigenvalue weighted by Gasteiger charge is 2.10. The van der Waals surface area contributed by atoms with Crippen LogP contribution in [-0.2, 0) is 9.59 Å². The van der Waals surface area contributed by atoms with Gasteiger partial charge in [0.25, 0.3) is 0 Å². The van der Waals surface area contributed by atoms with Gasteiger partial charge in [0, 0.05) is 24.3 Å². The van der Waals surface area contributed by atoms with Crippen molar-refractivity contribution in [1.29, 1.82) is 0 Å². The van der Waals surface area contributed by atoms with Gasteiger partial charge in [0.05, 0.1) is 12.8 Å². The molecule has 0 aliphatic heterocycles. The zero-order chi connectivity index (χ0) is 23.5. The molecule has 0 spiro atoms. The number of nitrogens with one attached hydrogen (secondary N) is 3. The molecule has 2 aromatic rings. The van der Waals surface area contributed by atoms with E-state index in [0.29, 0.717) is 29.5 Å². The predicted molar refractivity (Wildman–Crippen MR) is 135 cm³/mol. The lowest BCUT2D eigenvalue weighted by molar-refractivity contribution is -0.116. The first-order chi connectivity index (χ1) is 15.3. The molecule has 0 aliphatic carbocycles. The van der Waals surface area contributed by atoms with Crippen molar-refractivity contribution in [2.45, 2.75) is 46.0 Å². The van der Waals surface area contributed by atoms with E-state index in [-0.39, 0.29) is 16.9 Å². The second-order valence-electron chi connectivity index (χ2n) is 7.66. The molecule has 170 valence electrons. The molecule has 6 nitrogen and oxygen atoms in total. The lowest BCUT2D eigenvalue weighted by Gasteiger charge is -2.13. The van der Waals surface area contributed by atoms with Crippen LogP contribution in [0.5, 0.6) is 5.75 Å². The van der Waals surface area contributed by atoms with Crippen LogP contribution in [0.1, 0.15) is 57.1 Å². The van der Waals surface area contributed by atoms with Crippen LogP contribution < -0.4 is 20.7 Å². The molecule has 0 atom stereocenters. The molecule has 0 aromatic heterocycles. The SMILES string of the molecule is CCCCC(=O)Nc1ccc(NC(=S)NC(=O)/C=C/c2ccc(C(C)C)cc2)cc1OC. The molecular formula is C25H31N3O3S. The summed E-state index contributed by atoms with van der Waals surface area (Å²) >= 11 is 5.23. The topological polar surface area (TPSA) is 79.5 Å². The van der Waals surface area contributed by atoms with Gasteiger partial charge in [0.1, 0.15) is 5.75 Å². The first-order valence-corrected chi connectivity index (χ1v) is 11.1. The molecular weight excluding hydrogens is 422 g/mol. The van der Waals surface area contributed by atoms with E-state index < -0.39 is 0 Å². The Bertz CT molecular complexity index is 969. The molecule has 0 heterocycles. The first-order valence-electron chi connectivity index (χ1n) is 10.7. The van der Waals surface area contributed by atoms with Gasteiger partial charge in [0.2, 0.25) is 11.8 Å². The van der Waals surface area contributed by atoms with Crippen LogP contribution in [0.4, 0.5) is 11.4 Å². The van der Waals surface area contributed by atoms with Gasteiger partial charge in [0.15, 0.2) is 5.11 Å². The highest BCUT2D eigenvalue weighted by Crippen LogP contribution is 2.28. The van der Waals surface area contributed by atoms with Crippen molar-refractivity contribution in [3.63, 3.8) is 0 Å². The maximum absolute atomic E-state index is 12.2. The molecule has 0 fully saturated rings. The van der Waals surface area contributed by atoms with Gasteiger partial charge < -0.3 is 15.4 Å². The normalized spacial score (nSPS) is 10.8. The van der Waals surface area contributed by atoms with E-state index in [1.165, 1.54) is 18.7 Å². The molecule has 32 heavy (non-hydrogen) atoms. The van der Waals surface area contributed by atoms with Gasteiger partial charge in [-0.1, -0.05) is 51.5 Å². The maximum Gasteiger partial charge on any atom is 0.250 e. The summed E-state index contributed by atoms with van der Waals surface area (Å²) in [5.41, 5.74) is 3.40. The minimum absolute atomic E-state index is 0.0562. The van der Waals surface area contributed by atoms with Crippen LogP contribution in [0, 0.1) is 0 Å². The number of benzene rings is 2. The van der Waals surface area contributed by atoms with Crippen molar-refractivity contribution < 1.29 is 14.3 Å². The van der Waals surface area contributed by atoms with Gasteiger partial charge in [-0.3, -0.25) is 14.9 Å². The van der Waals surface area contributed by atoms with Crippen LogP contribution in [0.25, 0.3) is 6.08 Å². The summed E-state index contributed by atoms with van der Waals surface area (Å²) in [5.74, 6) is 0.574. The molecule has 3 N–H and O–H groups in total. The summed E-state index contributed by atoms with van der Waals surface area (Å²) in [6.07, 6.45) is 5.43. The van der Waals surface area contributed by atoms with E-state index in [4.69, 9.17) is 17.0 Å². The van der Waals surface area contributed by atoms with E-state index in [9.17, 15) is 9.59 Å². The number of carbonyl (C=O) groups is 2. The van der Waals surface area contributed by atoms with E-state index in [1.807, 2.05) is 19.1 Å². The lowest BCUT2D eigenvalue weighted by Crippen LogP contribution is -2.32. The molecule has 2 aromatic carbocycles. The van der Waals surface area contributed by atoms with E-state index in [0.717, 1.165) is 18.4 Å². The minimum Gasteiger partial charge on any atom is -0.494 e. The van der Waals surface area contributed by atoms with Crippen LogP contribution in [-0.4, -0.2) is 24.0 Å². The monoisotopic (exact) mass is 453 g/mol. The molecule has 0 saturated heterocycles. The van der Waals surface area contributed by atoms with Crippen LogP contribution >= 0.6 is 12.2 Å². The quantitative estimate of drug-likeness (QED) is 0.346. The zero-order valence-electron chi connectivity index (χ0n) is 19.0. The third-order valence-electron chi connectivity index (χ3n) is 4.76. The van der Waals surface area contributed by atoms with E-state index in [2.05, 4.69) is 41.9 Å². The Morgan fingerprint density at radius 2 is 1.81 bits per heavy atom. The molecule has 2 amide bonds. The molecule has 2 rings (SSSR count). The Labute approximate surface area is 195 Å². The predicted octanol–water partition coefficient (Wildman–Crippen LogP) is 5.47. The summed E-state index contributed by atoms with van der Waals surface area (Å²) in [6.45, 7) is 6.31. The van der Waals surface area contributed by atoms with Crippen molar-refractivity contribution in [2.24, 2.45) is 0 Å². The fraction of sp³-hybridized carbons (Fsp3) is 0.320. The number of hydrogen-bond donors (Lipinski definition) is 3. The van der Waals surface area contributed by atoms with Crippen molar-refractivity contribution in [3.05, 3.63) is 59.7 Å². The fourth-order valence-electron chi connectivity index (χ4n) is 2.90. The Balaban J connectivity index is 1.92. The number of methoxy groups -OCH3 is 1. The zero-order valence-corrected chi connectivity index (χ0v) is 19.8. The number of rotatable bonds is 9. The summed E-state index contributed by atoms with van der Waals surface area (Å²) in [5, 5.41) is 8.58. The number of hydrogen-bond acceptors (Lipinski definition) is 4. The Hall–Kier alpha value is -3.19. The summed E-state index contributed by atoms with van der Waals surface area (Å²) in [6, 6.07) is 13.3. The number of unbranched alkanes of at least 4 members (excludes halogenated alkanes) is 1. The largest absolute Gasteiger partial charge is 0.494 e. The Kier molecular flexibility index (Phi) is 9.88. The van der Waals surface area contributed by atoms with Gasteiger partial charge in [-0.15, -0.1) is 0 Å². The molecule has 7 heteroatoms. The van der Waals surface area contributed by atoms with Crippen molar-refractivity contribution >= 4 is 46.6 Å². The number of amides is 2. The third-order valence-corrected chi connectivity index (χ3v) is 4.96. The second-order valence-corrected chi connectivity index (χ2v) is 8.07. The smallest absolute Gasteiger partial charge is 0.250 e. The first kappa shape index (κ1) is 25.1. The van der Waals surface area contributed by atoms with E-state index in [1.54, 1.807) is 24.3 Å². The standard InChI is InChI=1S/C25H31N3O3S/c1-5-6-7-23(29)27-21-14-13-20(16-22(21)31-4)26-25(32)28-24(30)15-10-18-8-11-19(12-9-18)17(2)3/h8-17H,5-7H2,1-4H3,(H,27,29)(H2,26,28,30,32)/b15-10+. The summed E-state index contributed by atoms with van der Waals surface area (Å²) in [4.78, 5) is 24.2. The average molecular weight is 454 g/mol. The Morgan fingerprint density at radius 1 is 1.09 bits per heavy atom. The molecule has 0 radical (unpaired) electrons. The Morgan fingerprint density at radius 3 is 2.44 bits per heavy atom. The van der Waals surface area contributed by atoms with Crippen molar-refractivity contribution in [1.82, 2.24) is 5.32 Å². The van der Waals surface area contributed by atoms with Crippen molar-refractivity contribution in [2.75, 3.05) is 17.7 Å². The van der Waals surface area contributed by atoms with E-state index >= 15 is 0 Å². The van der Waals surface area contributed by atoms with Crippen LogP contribution in [0.3, 0.4) is 0 Å². The van der Waals surface area contributed by atoms with Crippen LogP contribution in [0.15, 0.2) is 48.5 Å². The van der Waals surface area contributed by atoms with Crippen molar-refractivity contribution in [3.8, 4) is 5.75 Å². The molecule has 0 saturated carbocycles. The number of thiocarbonyl (C=S) groups is 1. The molecule has 0 unspecified atom stereocenters. The molecule has 0 aliphatic rings. The van der Waals surface area contributed by atoms with Gasteiger partial charge >= 0.3 is 0 Å². The highest BCUT2D eigenvalue weighted by molar-refractivity contribution is 7.80. The maximum atomic E-state index is 12.2. The third kappa shape index (κ3) is 8.15. The van der Waals surface area contributed by atoms with Crippen LogP contribution in [0.2, 0.25) is 0 Å².